The summed E-state index contributed by atoms with van der Waals surface area (Å²) >= 11 is 0. The summed E-state index contributed by atoms with van der Waals surface area (Å²) in [6, 6.07) is 5.56. The van der Waals surface area contributed by atoms with Gasteiger partial charge in [0, 0.05) is 22.9 Å². The average Bonchev–Trinajstić information content (AvgIpc) is 2.71. The van der Waals surface area contributed by atoms with E-state index < -0.39 is 11.9 Å². The van der Waals surface area contributed by atoms with Crippen molar-refractivity contribution in [2.45, 2.75) is 13.8 Å². The van der Waals surface area contributed by atoms with E-state index in [0.717, 1.165) is 0 Å². The number of esters is 2. The molecule has 0 fully saturated rings. The zero-order valence-electron chi connectivity index (χ0n) is 16.1. The summed E-state index contributed by atoms with van der Waals surface area (Å²) in [5.41, 5.74) is 9.03. The second-order valence-electron chi connectivity index (χ2n) is 5.81. The van der Waals surface area contributed by atoms with Crippen LogP contribution in [0.3, 0.4) is 0 Å². The van der Waals surface area contributed by atoms with E-state index in [2.05, 4.69) is 20.0 Å². The molecular formula is C19H17N5O6. The third kappa shape index (κ3) is 5.88. The first-order valence-electron chi connectivity index (χ1n) is 8.56. The van der Waals surface area contributed by atoms with E-state index in [1.54, 1.807) is 0 Å². The average molecular weight is 411 g/mol. The summed E-state index contributed by atoms with van der Waals surface area (Å²) in [4.78, 5) is 45.8. The largest absolute Gasteiger partial charge is 0.512 e. The summed E-state index contributed by atoms with van der Waals surface area (Å²) in [6.07, 6.45) is 2.50. The number of allylic oxidation sites excluding steroid dienone is 2. The summed E-state index contributed by atoms with van der Waals surface area (Å²) in [5, 5.41) is 12.9. The van der Waals surface area contributed by atoms with Crippen molar-refractivity contribution in [1.82, 2.24) is 9.97 Å². The molecule has 0 bridgehead atoms. The van der Waals surface area contributed by atoms with Crippen LogP contribution in [0.25, 0.3) is 16.0 Å². The highest BCUT2D eigenvalue weighted by Crippen LogP contribution is 2.18. The van der Waals surface area contributed by atoms with Gasteiger partial charge in [0.1, 0.15) is 30.4 Å². The smallest absolute Gasteiger partial charge is 0.357 e. The lowest BCUT2D eigenvalue weighted by molar-refractivity contribution is -0.111. The maximum atomic E-state index is 12.0. The number of pyridine rings is 2. The molecular weight excluding hydrogens is 394 g/mol. The Morgan fingerprint density at radius 2 is 1.57 bits per heavy atom. The van der Waals surface area contributed by atoms with E-state index in [1.807, 2.05) is 0 Å². The van der Waals surface area contributed by atoms with Crippen LogP contribution in [0.4, 0.5) is 5.69 Å². The van der Waals surface area contributed by atoms with Crippen molar-refractivity contribution in [3.63, 3.8) is 0 Å². The summed E-state index contributed by atoms with van der Waals surface area (Å²) in [7, 11) is 0. The van der Waals surface area contributed by atoms with Crippen molar-refractivity contribution >= 4 is 29.0 Å². The minimum atomic E-state index is -0.747. The molecule has 11 heteroatoms. The van der Waals surface area contributed by atoms with E-state index in [9.17, 15) is 19.5 Å². The van der Waals surface area contributed by atoms with Crippen molar-refractivity contribution in [2.75, 3.05) is 13.2 Å². The first kappa shape index (κ1) is 22.1. The molecule has 2 heterocycles. The number of ketones is 1. The molecule has 0 unspecified atom stereocenters. The van der Waals surface area contributed by atoms with Crippen LogP contribution in [0.1, 0.15) is 40.4 Å². The molecule has 0 radical (unpaired) electrons. The van der Waals surface area contributed by atoms with Gasteiger partial charge in [0.15, 0.2) is 5.78 Å². The number of azide groups is 1. The number of rotatable bonds is 8. The van der Waals surface area contributed by atoms with Gasteiger partial charge in [-0.3, -0.25) is 4.79 Å². The Morgan fingerprint density at radius 1 is 1.00 bits per heavy atom. The molecule has 2 aromatic heterocycles. The quantitative estimate of drug-likeness (QED) is 0.131. The fraction of sp³-hybridized carbons (Fsp3) is 0.211. The Bertz CT molecular complexity index is 1020. The van der Waals surface area contributed by atoms with Crippen LogP contribution in [0.2, 0.25) is 0 Å². The van der Waals surface area contributed by atoms with E-state index in [-0.39, 0.29) is 47.4 Å². The monoisotopic (exact) mass is 411 g/mol. The molecule has 2 rings (SSSR count). The molecule has 0 saturated carbocycles. The fourth-order valence-electron chi connectivity index (χ4n) is 2.36. The summed E-state index contributed by atoms with van der Waals surface area (Å²) in [6.45, 7) is 2.27. The highest BCUT2D eigenvalue weighted by molar-refractivity contribution is 6.20. The van der Waals surface area contributed by atoms with Crippen LogP contribution in [-0.4, -0.2) is 46.0 Å². The van der Waals surface area contributed by atoms with Gasteiger partial charge in [0.05, 0.1) is 11.3 Å². The van der Waals surface area contributed by atoms with Gasteiger partial charge in [-0.15, -0.1) is 0 Å². The first-order chi connectivity index (χ1) is 14.3. The van der Waals surface area contributed by atoms with Crippen LogP contribution in [0.15, 0.2) is 47.5 Å². The lowest BCUT2D eigenvalue weighted by Crippen LogP contribution is -2.15. The maximum Gasteiger partial charge on any atom is 0.357 e. The molecule has 0 aliphatic rings. The number of ether oxygens (including phenoxy) is 2. The SMILES string of the molecule is CC(=O)/C(=C(/C)O)c1ccc(C(=O)OCCOC(=O)c2ccc(N=[N+]=[N-])cn2)nc1. The Kier molecular flexibility index (Phi) is 7.60. The Labute approximate surface area is 170 Å². The first-order valence-corrected chi connectivity index (χ1v) is 8.56. The molecule has 0 atom stereocenters. The highest BCUT2D eigenvalue weighted by Gasteiger charge is 2.15. The van der Waals surface area contributed by atoms with Crippen molar-refractivity contribution in [2.24, 2.45) is 5.11 Å². The minimum Gasteiger partial charge on any atom is -0.512 e. The lowest BCUT2D eigenvalue weighted by atomic mass is 10.0. The topological polar surface area (TPSA) is 164 Å². The predicted octanol–water partition coefficient (Wildman–Crippen LogP) is 3.31. The van der Waals surface area contributed by atoms with E-state index in [1.165, 1.54) is 50.5 Å². The fourth-order valence-corrected chi connectivity index (χ4v) is 2.36. The van der Waals surface area contributed by atoms with Crippen LogP contribution in [0.5, 0.6) is 0 Å². The van der Waals surface area contributed by atoms with Crippen LogP contribution < -0.4 is 0 Å². The lowest BCUT2D eigenvalue weighted by Gasteiger charge is -2.08. The second-order valence-corrected chi connectivity index (χ2v) is 5.81. The van der Waals surface area contributed by atoms with Crippen molar-refractivity contribution < 1.29 is 29.0 Å². The van der Waals surface area contributed by atoms with Gasteiger partial charge < -0.3 is 14.6 Å². The van der Waals surface area contributed by atoms with Crippen LogP contribution in [-0.2, 0) is 14.3 Å². The maximum absolute atomic E-state index is 12.0. The number of hydrogen-bond acceptors (Lipinski definition) is 9. The van der Waals surface area contributed by atoms with Gasteiger partial charge in [-0.2, -0.15) is 0 Å². The molecule has 154 valence electrons. The van der Waals surface area contributed by atoms with Crippen LogP contribution in [0, 0.1) is 0 Å². The van der Waals surface area contributed by atoms with Gasteiger partial charge >= 0.3 is 11.9 Å². The molecule has 0 amide bonds. The molecule has 0 aliphatic carbocycles. The Morgan fingerprint density at radius 3 is 1.97 bits per heavy atom. The number of hydrogen-bond donors (Lipinski definition) is 1. The second kappa shape index (κ2) is 10.3. The number of nitrogens with zero attached hydrogens (tertiary/aromatic N) is 5. The molecule has 0 aliphatic heterocycles. The number of carbonyl (C=O) groups excluding carboxylic acids is 3. The van der Waals surface area contributed by atoms with Crippen molar-refractivity contribution in [3.05, 3.63) is 69.8 Å². The molecule has 2 aromatic rings. The van der Waals surface area contributed by atoms with Gasteiger partial charge in [0.25, 0.3) is 0 Å². The van der Waals surface area contributed by atoms with Gasteiger partial charge in [-0.25, -0.2) is 19.6 Å². The molecule has 0 spiro atoms. The number of aliphatic hydroxyl groups is 1. The number of carbonyl (C=O) groups is 3. The number of aliphatic hydroxyl groups excluding tert-OH is 1. The molecule has 0 saturated heterocycles. The number of aromatic nitrogens is 2. The molecule has 0 aromatic carbocycles. The zero-order chi connectivity index (χ0) is 22.1. The standard InChI is InChI=1S/C19H17N5O6/c1-11(25)17(12(2)26)13-3-5-15(21-9-13)18(27)29-7-8-30-19(28)16-6-4-14(10-22-16)23-24-20/h3-6,9-10,25H,7-8H2,1-2H3/b17-11+. The third-order valence-corrected chi connectivity index (χ3v) is 3.64. The summed E-state index contributed by atoms with van der Waals surface area (Å²) in [5.74, 6) is -1.97. The van der Waals surface area contributed by atoms with Crippen molar-refractivity contribution in [1.29, 1.82) is 0 Å². The number of Topliss-reactive ketones (excluding diaryl/α,β-unsaturated/α-hetero) is 1. The Hall–Kier alpha value is -4.24. The zero-order valence-corrected chi connectivity index (χ0v) is 16.1. The normalized spacial score (nSPS) is 11.0. The molecule has 11 nitrogen and oxygen atoms in total. The third-order valence-electron chi connectivity index (χ3n) is 3.64. The molecule has 30 heavy (non-hydrogen) atoms. The van der Waals surface area contributed by atoms with E-state index in [4.69, 9.17) is 15.0 Å². The molecule has 1 N–H and O–H groups in total. The van der Waals surface area contributed by atoms with Gasteiger partial charge in [0.2, 0.25) is 0 Å². The summed E-state index contributed by atoms with van der Waals surface area (Å²) < 4.78 is 9.92. The van der Waals surface area contributed by atoms with Crippen LogP contribution >= 0.6 is 0 Å². The Balaban J connectivity index is 1.86. The van der Waals surface area contributed by atoms with Crippen molar-refractivity contribution in [3.8, 4) is 0 Å². The van der Waals surface area contributed by atoms with Gasteiger partial charge in [-0.1, -0.05) is 11.2 Å². The van der Waals surface area contributed by atoms with E-state index in [0.29, 0.717) is 5.56 Å². The minimum absolute atomic E-state index is 0.00368. The van der Waals surface area contributed by atoms with Gasteiger partial charge in [-0.05, 0) is 37.6 Å². The van der Waals surface area contributed by atoms with E-state index >= 15 is 0 Å². The highest BCUT2D eigenvalue weighted by atomic mass is 16.6. The predicted molar refractivity (Wildman–Crippen MR) is 104 cm³/mol.